The van der Waals surface area contributed by atoms with Crippen LogP contribution in [0.4, 0.5) is 0 Å². The van der Waals surface area contributed by atoms with Crippen molar-refractivity contribution in [3.63, 3.8) is 0 Å². The molecule has 2 aliphatic heterocycles. The van der Waals surface area contributed by atoms with Crippen molar-refractivity contribution in [2.75, 3.05) is 20.2 Å². The normalized spacial score (nSPS) is 23.7. The third-order valence-corrected chi connectivity index (χ3v) is 4.32. The van der Waals surface area contributed by atoms with E-state index in [9.17, 15) is 0 Å². The Hall–Kier alpha value is -1.65. The fourth-order valence-corrected chi connectivity index (χ4v) is 3.13. The highest BCUT2D eigenvalue weighted by atomic mass is 16.5. The van der Waals surface area contributed by atoms with Crippen LogP contribution in [0.3, 0.4) is 0 Å². The summed E-state index contributed by atoms with van der Waals surface area (Å²) in [6.07, 6.45) is 6.94. The molecule has 0 amide bonds. The Morgan fingerprint density at radius 1 is 1.29 bits per heavy atom. The van der Waals surface area contributed by atoms with Gasteiger partial charge < -0.3 is 10.1 Å². The molecule has 0 saturated carbocycles. The van der Waals surface area contributed by atoms with Crippen LogP contribution in [0.15, 0.2) is 47.1 Å². The molecule has 2 heterocycles. The Morgan fingerprint density at radius 3 is 2.76 bits per heavy atom. The van der Waals surface area contributed by atoms with Gasteiger partial charge in [0.25, 0.3) is 0 Å². The molecule has 1 unspecified atom stereocenters. The van der Waals surface area contributed by atoms with E-state index in [0.717, 1.165) is 32.5 Å². The quantitative estimate of drug-likeness (QED) is 0.921. The standard InChI is InChI=1S/C17H22N3O/c1-21-17-16(11-18-13-19-17)15-7-9-20(10-8-15)12-14-5-3-2-4-6-14/h2-6,11,15,17H,7-10,12H2,1H3,(H,18,19). The van der Waals surface area contributed by atoms with E-state index in [1.54, 1.807) is 7.11 Å². The van der Waals surface area contributed by atoms with Crippen LogP contribution >= 0.6 is 0 Å². The topological polar surface area (TPSA) is 36.9 Å². The van der Waals surface area contributed by atoms with Gasteiger partial charge >= 0.3 is 0 Å². The molecule has 0 spiro atoms. The van der Waals surface area contributed by atoms with Gasteiger partial charge in [0.05, 0.1) is 0 Å². The Morgan fingerprint density at radius 2 is 2.05 bits per heavy atom. The highest BCUT2D eigenvalue weighted by Crippen LogP contribution is 2.28. The number of ether oxygens (including phenoxy) is 1. The molecule has 1 aromatic carbocycles. The van der Waals surface area contributed by atoms with Crippen molar-refractivity contribution in [1.82, 2.24) is 10.2 Å². The highest BCUT2D eigenvalue weighted by molar-refractivity contribution is 5.58. The lowest BCUT2D eigenvalue weighted by Gasteiger charge is -2.35. The lowest BCUT2D eigenvalue weighted by Crippen LogP contribution is -2.40. The molecule has 3 rings (SSSR count). The van der Waals surface area contributed by atoms with Crippen LogP contribution in [-0.2, 0) is 11.3 Å². The zero-order chi connectivity index (χ0) is 14.5. The average Bonchev–Trinajstić information content (AvgIpc) is 2.56. The van der Waals surface area contributed by atoms with Gasteiger partial charge in [0.15, 0.2) is 12.6 Å². The van der Waals surface area contributed by atoms with Gasteiger partial charge in [-0.25, -0.2) is 4.99 Å². The van der Waals surface area contributed by atoms with Gasteiger partial charge in [-0.1, -0.05) is 30.3 Å². The molecule has 1 saturated heterocycles. The summed E-state index contributed by atoms with van der Waals surface area (Å²) in [7, 11) is 1.73. The summed E-state index contributed by atoms with van der Waals surface area (Å²) in [5, 5.41) is 3.05. The lowest BCUT2D eigenvalue weighted by molar-refractivity contribution is 0.0984. The molecule has 1 fully saturated rings. The first-order chi connectivity index (χ1) is 10.4. The first-order valence-corrected chi connectivity index (χ1v) is 7.56. The molecule has 111 valence electrons. The van der Waals surface area contributed by atoms with Crippen LogP contribution in [0.2, 0.25) is 0 Å². The van der Waals surface area contributed by atoms with Gasteiger partial charge in [-0.05, 0) is 37.4 Å². The molecule has 1 aromatic rings. The van der Waals surface area contributed by atoms with Crippen LogP contribution in [0.1, 0.15) is 18.4 Å². The zero-order valence-corrected chi connectivity index (χ0v) is 12.5. The molecule has 21 heavy (non-hydrogen) atoms. The Kier molecular flexibility index (Phi) is 4.68. The summed E-state index contributed by atoms with van der Waals surface area (Å²) in [4.78, 5) is 6.63. The molecule has 1 radical (unpaired) electrons. The van der Waals surface area contributed by atoms with Gasteiger partial charge in [-0.3, -0.25) is 4.90 Å². The molecule has 4 heteroatoms. The van der Waals surface area contributed by atoms with E-state index in [1.807, 2.05) is 6.20 Å². The number of hydrogen-bond donors (Lipinski definition) is 1. The number of hydrogen-bond acceptors (Lipinski definition) is 4. The van der Waals surface area contributed by atoms with Gasteiger partial charge in [0, 0.05) is 25.4 Å². The van der Waals surface area contributed by atoms with E-state index >= 15 is 0 Å². The number of piperidine rings is 1. The van der Waals surface area contributed by atoms with Crippen LogP contribution < -0.4 is 5.32 Å². The van der Waals surface area contributed by atoms with Crippen molar-refractivity contribution in [1.29, 1.82) is 0 Å². The summed E-state index contributed by atoms with van der Waals surface area (Å²) in [5.41, 5.74) is 2.65. The monoisotopic (exact) mass is 284 g/mol. The van der Waals surface area contributed by atoms with Gasteiger partial charge in [-0.2, -0.15) is 0 Å². The highest BCUT2D eigenvalue weighted by Gasteiger charge is 2.27. The summed E-state index contributed by atoms with van der Waals surface area (Å²) < 4.78 is 5.46. The second-order valence-corrected chi connectivity index (χ2v) is 5.67. The molecule has 0 aromatic heterocycles. The van der Waals surface area contributed by atoms with Gasteiger partial charge in [0.1, 0.15) is 0 Å². The number of nitrogens with one attached hydrogen (secondary N) is 1. The smallest absolute Gasteiger partial charge is 0.171 e. The van der Waals surface area contributed by atoms with Gasteiger partial charge in [0.2, 0.25) is 0 Å². The van der Waals surface area contributed by atoms with Crippen LogP contribution in [0.25, 0.3) is 0 Å². The summed E-state index contributed by atoms with van der Waals surface area (Å²) in [6, 6.07) is 10.7. The van der Waals surface area contributed by atoms with Crippen molar-refractivity contribution in [3.8, 4) is 0 Å². The minimum Gasteiger partial charge on any atom is -0.358 e. The fraction of sp³-hybridized carbons (Fsp3) is 0.471. The fourth-order valence-electron chi connectivity index (χ4n) is 3.13. The van der Waals surface area contributed by atoms with E-state index in [1.165, 1.54) is 11.1 Å². The third-order valence-electron chi connectivity index (χ3n) is 4.32. The van der Waals surface area contributed by atoms with Crippen molar-refractivity contribution in [3.05, 3.63) is 47.7 Å². The van der Waals surface area contributed by atoms with Gasteiger partial charge in [-0.15, -0.1) is 0 Å². The predicted octanol–water partition coefficient (Wildman–Crippen LogP) is 2.26. The minimum atomic E-state index is -0.0619. The van der Waals surface area contributed by atoms with Crippen LogP contribution in [-0.4, -0.2) is 37.7 Å². The number of aliphatic imine (C=N–C) groups is 1. The van der Waals surface area contributed by atoms with E-state index in [0.29, 0.717) is 5.92 Å². The SMILES string of the molecule is COC1N[C]=NC=C1C1CCN(Cc2ccccc2)CC1. The van der Waals surface area contributed by atoms with Crippen molar-refractivity contribution in [2.24, 2.45) is 10.9 Å². The maximum atomic E-state index is 5.46. The first kappa shape index (κ1) is 14.3. The maximum Gasteiger partial charge on any atom is 0.171 e. The van der Waals surface area contributed by atoms with Crippen LogP contribution in [0.5, 0.6) is 0 Å². The summed E-state index contributed by atoms with van der Waals surface area (Å²) in [6.45, 7) is 3.30. The van der Waals surface area contributed by atoms with E-state index in [4.69, 9.17) is 4.74 Å². The maximum absolute atomic E-state index is 5.46. The number of likely N-dealkylation sites (tertiary alicyclic amines) is 1. The number of methoxy groups -OCH3 is 1. The second kappa shape index (κ2) is 6.87. The number of benzene rings is 1. The summed E-state index contributed by atoms with van der Waals surface area (Å²) in [5.74, 6) is 0.556. The molecule has 1 N–H and O–H groups in total. The Labute approximate surface area is 126 Å². The Balaban J connectivity index is 1.55. The van der Waals surface area contributed by atoms with Crippen molar-refractivity contribution in [2.45, 2.75) is 25.6 Å². The minimum absolute atomic E-state index is 0.0619. The predicted molar refractivity (Wildman–Crippen MR) is 83.9 cm³/mol. The molecular formula is C17H22N3O. The average molecular weight is 284 g/mol. The van der Waals surface area contributed by atoms with E-state index in [-0.39, 0.29) is 6.23 Å². The molecule has 2 aliphatic rings. The lowest BCUT2D eigenvalue weighted by atomic mass is 9.88. The number of nitrogens with zero attached hydrogens (tertiary/aromatic N) is 2. The van der Waals surface area contributed by atoms with Crippen molar-refractivity contribution < 1.29 is 4.74 Å². The van der Waals surface area contributed by atoms with E-state index < -0.39 is 0 Å². The Bertz CT molecular complexity index is 504. The first-order valence-electron chi connectivity index (χ1n) is 7.56. The van der Waals surface area contributed by atoms with Crippen LogP contribution in [0, 0.1) is 5.92 Å². The molecule has 1 atom stereocenters. The molecule has 0 aliphatic carbocycles. The van der Waals surface area contributed by atoms with Crippen molar-refractivity contribution >= 4 is 6.34 Å². The number of rotatable bonds is 4. The zero-order valence-electron chi connectivity index (χ0n) is 12.5. The van der Waals surface area contributed by atoms with E-state index in [2.05, 4.69) is 51.9 Å². The molecular weight excluding hydrogens is 262 g/mol. The largest absolute Gasteiger partial charge is 0.358 e. The molecule has 4 nitrogen and oxygen atoms in total. The second-order valence-electron chi connectivity index (χ2n) is 5.67. The third kappa shape index (κ3) is 3.52. The molecule has 0 bridgehead atoms. The summed E-state index contributed by atoms with van der Waals surface area (Å²) >= 11 is 0.